The lowest BCUT2D eigenvalue weighted by Gasteiger charge is -2.22. The first-order chi connectivity index (χ1) is 14.6. The quantitative estimate of drug-likeness (QED) is 0.544. The Morgan fingerprint density at radius 3 is 2.13 bits per heavy atom. The number of benzene rings is 3. The van der Waals surface area contributed by atoms with Gasteiger partial charge in [-0.2, -0.15) is 0 Å². The molecule has 1 N–H and O–H groups in total. The highest BCUT2D eigenvalue weighted by atomic mass is 35.5. The SMILES string of the molecule is COc1ccc(S(=O)(=O)Nc2ccccc2C)cc1N(C)S(=O)(=O)c1ccc(Cl)cc1. The predicted molar refractivity (Wildman–Crippen MR) is 122 cm³/mol. The fraction of sp³-hybridized carbons (Fsp3) is 0.143. The molecule has 0 unspecified atom stereocenters. The first kappa shape index (κ1) is 22.9. The van der Waals surface area contributed by atoms with Crippen LogP contribution in [0.15, 0.2) is 76.5 Å². The molecule has 10 heteroatoms. The minimum Gasteiger partial charge on any atom is -0.495 e. The van der Waals surface area contributed by atoms with Crippen molar-refractivity contribution in [3.8, 4) is 5.75 Å². The lowest BCUT2D eigenvalue weighted by molar-refractivity contribution is 0.415. The molecule has 0 fully saturated rings. The van der Waals surface area contributed by atoms with E-state index in [2.05, 4.69) is 4.72 Å². The third kappa shape index (κ3) is 4.79. The molecule has 0 aliphatic rings. The summed E-state index contributed by atoms with van der Waals surface area (Å²) in [5, 5.41) is 0.398. The smallest absolute Gasteiger partial charge is 0.264 e. The number of hydrogen-bond acceptors (Lipinski definition) is 5. The summed E-state index contributed by atoms with van der Waals surface area (Å²) in [6.45, 7) is 1.78. The number of aryl methyl sites for hydroxylation is 1. The van der Waals surface area contributed by atoms with Crippen LogP contribution in [0.25, 0.3) is 0 Å². The van der Waals surface area contributed by atoms with Crippen LogP contribution in [0.5, 0.6) is 5.75 Å². The maximum atomic E-state index is 13.1. The van der Waals surface area contributed by atoms with Crippen molar-refractivity contribution in [3.05, 3.63) is 77.3 Å². The molecule has 0 heterocycles. The molecule has 0 aromatic heterocycles. The van der Waals surface area contributed by atoms with Crippen LogP contribution in [0, 0.1) is 6.92 Å². The highest BCUT2D eigenvalue weighted by Crippen LogP contribution is 2.34. The molecule has 3 rings (SSSR count). The van der Waals surface area contributed by atoms with Crippen LogP contribution >= 0.6 is 11.6 Å². The average Bonchev–Trinajstić information content (AvgIpc) is 2.74. The first-order valence-corrected chi connectivity index (χ1v) is 12.4. The lowest BCUT2D eigenvalue weighted by Crippen LogP contribution is -2.27. The van der Waals surface area contributed by atoms with E-state index in [0.717, 1.165) is 9.87 Å². The molecule has 3 aromatic carbocycles. The van der Waals surface area contributed by atoms with E-state index in [0.29, 0.717) is 10.7 Å². The van der Waals surface area contributed by atoms with Gasteiger partial charge in [-0.25, -0.2) is 16.8 Å². The Kier molecular flexibility index (Phi) is 6.49. The molecule has 0 amide bonds. The van der Waals surface area contributed by atoms with E-state index in [1.165, 1.54) is 56.6 Å². The molecule has 0 atom stereocenters. The van der Waals surface area contributed by atoms with Crippen molar-refractivity contribution in [2.45, 2.75) is 16.7 Å². The number of halogens is 1. The van der Waals surface area contributed by atoms with Crippen LogP contribution in [-0.4, -0.2) is 31.0 Å². The highest BCUT2D eigenvalue weighted by molar-refractivity contribution is 7.93. The van der Waals surface area contributed by atoms with Gasteiger partial charge in [-0.3, -0.25) is 9.03 Å². The number of methoxy groups -OCH3 is 1. The van der Waals surface area contributed by atoms with Gasteiger partial charge in [-0.05, 0) is 61.0 Å². The van der Waals surface area contributed by atoms with E-state index in [-0.39, 0.29) is 21.2 Å². The second kappa shape index (κ2) is 8.78. The summed E-state index contributed by atoms with van der Waals surface area (Å²) >= 11 is 5.85. The molecule has 0 aliphatic heterocycles. The number of sulfonamides is 2. The normalized spacial score (nSPS) is 11.7. The van der Waals surface area contributed by atoms with Crippen molar-refractivity contribution >= 4 is 43.0 Å². The van der Waals surface area contributed by atoms with Gasteiger partial charge in [0.1, 0.15) is 5.75 Å². The van der Waals surface area contributed by atoms with E-state index < -0.39 is 20.0 Å². The molecule has 31 heavy (non-hydrogen) atoms. The average molecular weight is 481 g/mol. The fourth-order valence-corrected chi connectivity index (χ4v) is 5.34. The van der Waals surface area contributed by atoms with Crippen molar-refractivity contribution in [2.75, 3.05) is 23.2 Å². The zero-order valence-electron chi connectivity index (χ0n) is 17.0. The Morgan fingerprint density at radius 2 is 1.52 bits per heavy atom. The first-order valence-electron chi connectivity index (χ1n) is 9.07. The molecule has 7 nitrogen and oxygen atoms in total. The Balaban J connectivity index is 2.04. The predicted octanol–water partition coefficient (Wildman–Crippen LogP) is 4.28. The Bertz CT molecular complexity index is 1310. The van der Waals surface area contributed by atoms with Crippen LogP contribution in [0.4, 0.5) is 11.4 Å². The number of nitrogens with one attached hydrogen (secondary N) is 1. The minimum atomic E-state index is -3.99. The van der Waals surface area contributed by atoms with Gasteiger partial charge in [0.2, 0.25) is 0 Å². The number of anilines is 2. The van der Waals surface area contributed by atoms with Crippen LogP contribution in [0.1, 0.15) is 5.56 Å². The number of nitrogens with zero attached hydrogens (tertiary/aromatic N) is 1. The second-order valence-corrected chi connectivity index (χ2v) is 10.8. The van der Waals surface area contributed by atoms with E-state index >= 15 is 0 Å². The number of para-hydroxylation sites is 1. The van der Waals surface area contributed by atoms with Gasteiger partial charge in [0.05, 0.1) is 28.3 Å². The summed E-state index contributed by atoms with van der Waals surface area (Å²) in [6, 6.07) is 16.7. The monoisotopic (exact) mass is 480 g/mol. The van der Waals surface area contributed by atoms with Gasteiger partial charge in [0.25, 0.3) is 20.0 Å². The Hall–Kier alpha value is -2.75. The topological polar surface area (TPSA) is 92.8 Å². The molecule has 164 valence electrons. The molecule has 0 radical (unpaired) electrons. The van der Waals surface area contributed by atoms with Gasteiger partial charge < -0.3 is 4.74 Å². The van der Waals surface area contributed by atoms with Crippen molar-refractivity contribution in [1.29, 1.82) is 0 Å². The van der Waals surface area contributed by atoms with Gasteiger partial charge in [-0.15, -0.1) is 0 Å². The third-order valence-corrected chi connectivity index (χ3v) is 8.06. The zero-order chi connectivity index (χ0) is 22.8. The Labute approximate surface area is 187 Å². The Morgan fingerprint density at radius 1 is 0.903 bits per heavy atom. The highest BCUT2D eigenvalue weighted by Gasteiger charge is 2.26. The van der Waals surface area contributed by atoms with E-state index in [1.807, 2.05) is 0 Å². The minimum absolute atomic E-state index is 0.00717. The van der Waals surface area contributed by atoms with E-state index in [1.54, 1.807) is 31.2 Å². The van der Waals surface area contributed by atoms with Crippen molar-refractivity contribution < 1.29 is 21.6 Å². The number of rotatable bonds is 7. The summed E-state index contributed by atoms with van der Waals surface area (Å²) in [5.74, 6) is 0.204. The van der Waals surface area contributed by atoms with Crippen molar-refractivity contribution in [2.24, 2.45) is 0 Å². The van der Waals surface area contributed by atoms with Crippen LogP contribution in [-0.2, 0) is 20.0 Å². The number of hydrogen-bond donors (Lipinski definition) is 1. The standard InChI is InChI=1S/C21H21ClN2O5S2/c1-15-6-4-5-7-19(15)23-30(25,26)18-12-13-21(29-3)20(14-18)24(2)31(27,28)17-10-8-16(22)9-11-17/h4-14,23H,1-3H3. The molecule has 0 spiro atoms. The van der Waals surface area contributed by atoms with Gasteiger partial charge in [-0.1, -0.05) is 29.8 Å². The fourth-order valence-electron chi connectivity index (χ4n) is 2.87. The molecular weight excluding hydrogens is 460 g/mol. The molecule has 0 saturated heterocycles. The number of ether oxygens (including phenoxy) is 1. The maximum Gasteiger partial charge on any atom is 0.264 e. The summed E-state index contributed by atoms with van der Waals surface area (Å²) in [7, 11) is -5.26. The van der Waals surface area contributed by atoms with Crippen LogP contribution in [0.2, 0.25) is 5.02 Å². The zero-order valence-corrected chi connectivity index (χ0v) is 19.4. The van der Waals surface area contributed by atoms with Crippen molar-refractivity contribution in [1.82, 2.24) is 0 Å². The maximum absolute atomic E-state index is 13.1. The molecule has 0 aliphatic carbocycles. The van der Waals surface area contributed by atoms with Gasteiger partial charge >= 0.3 is 0 Å². The molecular formula is C21H21ClN2O5S2. The molecule has 0 bridgehead atoms. The molecule has 0 saturated carbocycles. The lowest BCUT2D eigenvalue weighted by atomic mass is 10.2. The van der Waals surface area contributed by atoms with Gasteiger partial charge in [0, 0.05) is 12.1 Å². The molecule has 3 aromatic rings. The van der Waals surface area contributed by atoms with Gasteiger partial charge in [0.15, 0.2) is 0 Å². The van der Waals surface area contributed by atoms with Crippen LogP contribution in [0.3, 0.4) is 0 Å². The summed E-state index contributed by atoms with van der Waals surface area (Å²) in [5.41, 5.74) is 1.26. The second-order valence-electron chi connectivity index (χ2n) is 6.68. The largest absolute Gasteiger partial charge is 0.495 e. The van der Waals surface area contributed by atoms with E-state index in [9.17, 15) is 16.8 Å². The van der Waals surface area contributed by atoms with Crippen LogP contribution < -0.4 is 13.8 Å². The summed E-state index contributed by atoms with van der Waals surface area (Å²) in [6.07, 6.45) is 0. The van der Waals surface area contributed by atoms with E-state index in [4.69, 9.17) is 16.3 Å². The third-order valence-electron chi connectivity index (χ3n) is 4.66. The summed E-state index contributed by atoms with van der Waals surface area (Å²) < 4.78 is 60.8. The van der Waals surface area contributed by atoms with Crippen molar-refractivity contribution in [3.63, 3.8) is 0 Å². The summed E-state index contributed by atoms with van der Waals surface area (Å²) in [4.78, 5) is -0.0996.